The number of benzene rings is 3. The number of aromatic nitrogens is 1. The Morgan fingerprint density at radius 1 is 0.895 bits per heavy atom. The molecule has 0 unspecified atom stereocenters. The highest BCUT2D eigenvalue weighted by Crippen LogP contribution is 2.31. The number of imide groups is 1. The average molecular weight is 506 g/mol. The van der Waals surface area contributed by atoms with E-state index < -0.39 is 29.7 Å². The van der Waals surface area contributed by atoms with E-state index in [-0.39, 0.29) is 17.5 Å². The summed E-state index contributed by atoms with van der Waals surface area (Å²) in [4.78, 5) is 58.3. The van der Waals surface area contributed by atoms with Crippen LogP contribution in [0.1, 0.15) is 32.7 Å². The van der Waals surface area contributed by atoms with Gasteiger partial charge in [-0.05, 0) is 35.4 Å². The minimum absolute atomic E-state index is 0.116. The first-order valence-corrected chi connectivity index (χ1v) is 11.9. The number of amides is 3. The summed E-state index contributed by atoms with van der Waals surface area (Å²) < 4.78 is 4.83. The third kappa shape index (κ3) is 4.67. The van der Waals surface area contributed by atoms with Crippen LogP contribution >= 0.6 is 0 Å². The van der Waals surface area contributed by atoms with Crippen LogP contribution in [0.15, 0.2) is 97.2 Å². The second-order valence-corrected chi connectivity index (χ2v) is 8.67. The van der Waals surface area contributed by atoms with Gasteiger partial charge in [-0.1, -0.05) is 60.7 Å². The van der Waals surface area contributed by atoms with Gasteiger partial charge in [-0.15, -0.1) is 0 Å². The predicted octanol–water partition coefficient (Wildman–Crippen LogP) is 4.48. The molecule has 0 radical (unpaired) electrons. The summed E-state index contributed by atoms with van der Waals surface area (Å²) >= 11 is 0. The first-order valence-electron chi connectivity index (χ1n) is 11.9. The molecule has 1 aliphatic heterocycles. The molecule has 0 fully saturated rings. The van der Waals surface area contributed by atoms with E-state index >= 15 is 0 Å². The Labute approximate surface area is 218 Å². The lowest BCUT2D eigenvalue weighted by atomic mass is 9.96. The molecule has 38 heavy (non-hydrogen) atoms. The summed E-state index contributed by atoms with van der Waals surface area (Å²) in [6.07, 6.45) is 2.77. The number of hydrogen-bond donors (Lipinski definition) is 1. The Morgan fingerprint density at radius 2 is 1.55 bits per heavy atom. The van der Waals surface area contributed by atoms with Crippen LogP contribution in [0, 0.1) is 0 Å². The zero-order valence-corrected chi connectivity index (χ0v) is 20.5. The van der Waals surface area contributed by atoms with Crippen LogP contribution < -0.4 is 5.32 Å². The molecule has 2 heterocycles. The van der Waals surface area contributed by atoms with Crippen molar-refractivity contribution in [1.82, 2.24) is 9.88 Å². The number of fused-ring (bicyclic) bond motifs is 2. The lowest BCUT2D eigenvalue weighted by molar-refractivity contribution is -0.134. The van der Waals surface area contributed by atoms with Crippen molar-refractivity contribution in [3.63, 3.8) is 0 Å². The van der Waals surface area contributed by atoms with Crippen molar-refractivity contribution < 1.29 is 23.9 Å². The molecule has 1 atom stereocenters. The van der Waals surface area contributed by atoms with Crippen molar-refractivity contribution >= 4 is 45.9 Å². The van der Waals surface area contributed by atoms with Crippen LogP contribution in [0.5, 0.6) is 0 Å². The Hall–Kier alpha value is -5.11. The first kappa shape index (κ1) is 24.6. The lowest BCUT2D eigenvalue weighted by Crippen LogP contribution is -2.47. The van der Waals surface area contributed by atoms with Gasteiger partial charge in [0.2, 0.25) is 5.91 Å². The Kier molecular flexibility index (Phi) is 6.78. The minimum atomic E-state index is -1.27. The fraction of sp³-hybridized carbons (Fsp3) is 0.100. The van der Waals surface area contributed by atoms with E-state index in [4.69, 9.17) is 4.74 Å². The predicted molar refractivity (Wildman–Crippen MR) is 142 cm³/mol. The van der Waals surface area contributed by atoms with Gasteiger partial charge in [0.15, 0.2) is 0 Å². The molecule has 8 nitrogen and oxygen atoms in total. The fourth-order valence-electron chi connectivity index (χ4n) is 4.54. The maximum atomic E-state index is 13.9. The second-order valence-electron chi connectivity index (χ2n) is 8.67. The van der Waals surface area contributed by atoms with Crippen molar-refractivity contribution in [1.29, 1.82) is 0 Å². The smallest absolute Gasteiger partial charge is 0.330 e. The maximum Gasteiger partial charge on any atom is 0.330 e. The van der Waals surface area contributed by atoms with Gasteiger partial charge >= 0.3 is 5.97 Å². The largest absolute Gasteiger partial charge is 0.466 e. The highest BCUT2D eigenvalue weighted by molar-refractivity contribution is 6.23. The number of esters is 1. The van der Waals surface area contributed by atoms with E-state index in [9.17, 15) is 19.2 Å². The summed E-state index contributed by atoms with van der Waals surface area (Å²) in [7, 11) is 1.25. The number of nitrogens with zero attached hydrogens (tertiary/aromatic N) is 2. The number of ether oxygens (including phenoxy) is 1. The van der Waals surface area contributed by atoms with E-state index in [0.29, 0.717) is 22.3 Å². The molecule has 0 bridgehead atoms. The fourth-order valence-corrected chi connectivity index (χ4v) is 4.54. The van der Waals surface area contributed by atoms with E-state index in [1.165, 1.54) is 13.2 Å². The Balaban J connectivity index is 1.58. The lowest BCUT2D eigenvalue weighted by Gasteiger charge is -2.26. The second kappa shape index (κ2) is 10.5. The Bertz CT molecular complexity index is 1560. The number of para-hydroxylation sites is 1. The third-order valence-electron chi connectivity index (χ3n) is 6.38. The van der Waals surface area contributed by atoms with Gasteiger partial charge in [-0.3, -0.25) is 24.3 Å². The molecule has 1 aromatic heterocycles. The van der Waals surface area contributed by atoms with Crippen molar-refractivity contribution in [3.05, 3.63) is 114 Å². The van der Waals surface area contributed by atoms with Gasteiger partial charge in [0.25, 0.3) is 11.8 Å². The summed E-state index contributed by atoms with van der Waals surface area (Å²) in [6, 6.07) is 23.1. The van der Waals surface area contributed by atoms with Crippen LogP contribution in [0.2, 0.25) is 0 Å². The third-order valence-corrected chi connectivity index (χ3v) is 6.38. The van der Waals surface area contributed by atoms with Gasteiger partial charge in [-0.25, -0.2) is 4.79 Å². The normalized spacial score (nSPS) is 13.8. The van der Waals surface area contributed by atoms with Crippen molar-refractivity contribution in [3.8, 4) is 0 Å². The van der Waals surface area contributed by atoms with E-state index in [1.54, 1.807) is 72.9 Å². The highest BCUT2D eigenvalue weighted by Gasteiger charge is 2.43. The first-order chi connectivity index (χ1) is 18.5. The van der Waals surface area contributed by atoms with Gasteiger partial charge in [0, 0.05) is 24.1 Å². The number of rotatable bonds is 7. The van der Waals surface area contributed by atoms with E-state index in [1.807, 2.05) is 18.2 Å². The molecule has 3 aromatic carbocycles. The van der Waals surface area contributed by atoms with Crippen LogP contribution in [0.4, 0.5) is 5.69 Å². The molecule has 8 heteroatoms. The van der Waals surface area contributed by atoms with Crippen LogP contribution in [-0.4, -0.2) is 46.7 Å². The molecular weight excluding hydrogens is 482 g/mol. The number of anilines is 1. The maximum absolute atomic E-state index is 13.9. The zero-order valence-electron chi connectivity index (χ0n) is 20.5. The molecule has 4 aromatic rings. The van der Waals surface area contributed by atoms with Crippen molar-refractivity contribution in [2.45, 2.75) is 12.5 Å². The number of hydrogen-bond acceptors (Lipinski definition) is 6. The quantitative estimate of drug-likeness (QED) is 0.226. The standard InChI is InChI=1S/C30H23N3O5/c1-38-26(34)18-21(19-9-3-2-4-10-19)17-25(33-29(36)22-13-5-6-14-23(22)30(33)37)28(35)32-24-15-7-11-20-12-8-16-31-27(20)24/h2-16,18,25H,17H2,1H3,(H,32,35)/b21-18+/t25-/m0/s1. The molecule has 0 saturated carbocycles. The molecular formula is C30H23N3O5. The molecule has 0 spiro atoms. The number of nitrogens with one attached hydrogen (secondary N) is 1. The highest BCUT2D eigenvalue weighted by atomic mass is 16.5. The molecule has 3 amide bonds. The number of pyridine rings is 1. The molecule has 1 aliphatic rings. The summed E-state index contributed by atoms with van der Waals surface area (Å²) in [5.74, 6) is -2.37. The number of carbonyl (C=O) groups excluding carboxylic acids is 4. The van der Waals surface area contributed by atoms with Gasteiger partial charge in [0.1, 0.15) is 6.04 Å². The van der Waals surface area contributed by atoms with Crippen LogP contribution in [0.25, 0.3) is 16.5 Å². The van der Waals surface area contributed by atoms with Gasteiger partial charge in [-0.2, -0.15) is 0 Å². The van der Waals surface area contributed by atoms with Gasteiger partial charge < -0.3 is 10.1 Å². The minimum Gasteiger partial charge on any atom is -0.466 e. The summed E-state index contributed by atoms with van der Waals surface area (Å²) in [5, 5.41) is 3.68. The molecule has 0 aliphatic carbocycles. The van der Waals surface area contributed by atoms with E-state index in [2.05, 4.69) is 10.3 Å². The summed E-state index contributed by atoms with van der Waals surface area (Å²) in [6.45, 7) is 0. The SMILES string of the molecule is COC(=O)/C=C(\C[C@@H](C(=O)Nc1cccc2cccnc12)N1C(=O)c2ccccc2C1=O)c1ccccc1. The van der Waals surface area contributed by atoms with Crippen LogP contribution in [-0.2, 0) is 14.3 Å². The Morgan fingerprint density at radius 3 is 2.24 bits per heavy atom. The van der Waals surface area contributed by atoms with Gasteiger partial charge in [0.05, 0.1) is 29.4 Å². The van der Waals surface area contributed by atoms with Crippen molar-refractivity contribution in [2.75, 3.05) is 12.4 Å². The molecule has 1 N–H and O–H groups in total. The number of methoxy groups -OCH3 is 1. The van der Waals surface area contributed by atoms with Crippen molar-refractivity contribution in [2.24, 2.45) is 0 Å². The van der Waals surface area contributed by atoms with E-state index in [0.717, 1.165) is 10.3 Å². The number of carbonyl (C=O) groups is 4. The average Bonchev–Trinajstić information content (AvgIpc) is 3.21. The molecule has 5 rings (SSSR count). The monoisotopic (exact) mass is 505 g/mol. The molecule has 0 saturated heterocycles. The topological polar surface area (TPSA) is 106 Å². The van der Waals surface area contributed by atoms with Crippen LogP contribution in [0.3, 0.4) is 0 Å². The zero-order chi connectivity index (χ0) is 26.6. The molecule has 188 valence electrons. The summed E-state index contributed by atoms with van der Waals surface area (Å²) in [5.41, 5.74) is 2.54.